The molecule has 0 saturated carbocycles. The normalized spacial score (nSPS) is 19.0. The van der Waals surface area contributed by atoms with Crippen LogP contribution in [0.4, 0.5) is 0 Å². The van der Waals surface area contributed by atoms with Crippen LogP contribution in [0.5, 0.6) is 0 Å². The van der Waals surface area contributed by atoms with E-state index in [4.69, 9.17) is 4.74 Å². The standard InChI is InChI=1S/C17H21NO2S/c1-12-17(14-7-2-3-8-15(14)18-12)16(19)11-21-10-13-6-4-5-9-20-13/h2-3,7-8,13,18H,4-6,9-11H2,1H3/t13-/m1/s1. The molecule has 0 aliphatic carbocycles. The molecule has 0 bridgehead atoms. The predicted molar refractivity (Wildman–Crippen MR) is 88.3 cm³/mol. The van der Waals surface area contributed by atoms with E-state index >= 15 is 0 Å². The summed E-state index contributed by atoms with van der Waals surface area (Å²) >= 11 is 1.69. The molecule has 3 rings (SSSR count). The number of carbonyl (C=O) groups is 1. The van der Waals surface area contributed by atoms with Gasteiger partial charge in [-0.25, -0.2) is 0 Å². The van der Waals surface area contributed by atoms with E-state index in [0.29, 0.717) is 11.9 Å². The van der Waals surface area contributed by atoms with Crippen LogP contribution in [-0.4, -0.2) is 35.0 Å². The van der Waals surface area contributed by atoms with Crippen LogP contribution in [0.1, 0.15) is 35.3 Å². The zero-order valence-electron chi connectivity index (χ0n) is 12.4. The molecule has 1 aliphatic rings. The Morgan fingerprint density at radius 1 is 1.38 bits per heavy atom. The maximum absolute atomic E-state index is 12.5. The lowest BCUT2D eigenvalue weighted by atomic mass is 10.1. The van der Waals surface area contributed by atoms with E-state index in [0.717, 1.165) is 40.9 Å². The van der Waals surface area contributed by atoms with Crippen molar-refractivity contribution in [1.82, 2.24) is 4.98 Å². The highest BCUT2D eigenvalue weighted by atomic mass is 32.2. The Morgan fingerprint density at radius 2 is 2.24 bits per heavy atom. The van der Waals surface area contributed by atoms with Gasteiger partial charge in [0.2, 0.25) is 0 Å². The molecule has 1 N–H and O–H groups in total. The number of ketones is 1. The van der Waals surface area contributed by atoms with Gasteiger partial charge in [-0.15, -0.1) is 0 Å². The highest BCUT2D eigenvalue weighted by molar-refractivity contribution is 8.00. The Balaban J connectivity index is 1.62. The number of ether oxygens (including phenoxy) is 1. The zero-order valence-corrected chi connectivity index (χ0v) is 13.2. The first-order valence-corrected chi connectivity index (χ1v) is 8.71. The fraction of sp³-hybridized carbons (Fsp3) is 0.471. The maximum atomic E-state index is 12.5. The predicted octanol–water partition coefficient (Wildman–Crippen LogP) is 3.96. The summed E-state index contributed by atoms with van der Waals surface area (Å²) in [6.45, 7) is 2.85. The van der Waals surface area contributed by atoms with Gasteiger partial charge in [-0.05, 0) is 32.3 Å². The summed E-state index contributed by atoms with van der Waals surface area (Å²) in [4.78, 5) is 15.8. The fourth-order valence-corrected chi connectivity index (χ4v) is 3.90. The summed E-state index contributed by atoms with van der Waals surface area (Å²) < 4.78 is 5.71. The molecule has 2 aromatic rings. The molecular formula is C17H21NO2S. The van der Waals surface area contributed by atoms with Gasteiger partial charge in [0.05, 0.1) is 11.9 Å². The van der Waals surface area contributed by atoms with Crippen molar-refractivity contribution in [2.45, 2.75) is 32.3 Å². The molecule has 4 heteroatoms. The number of Topliss-reactive ketones (excluding diaryl/α,β-unsaturated/α-hetero) is 1. The summed E-state index contributed by atoms with van der Waals surface area (Å²) in [5, 5.41) is 1.04. The zero-order chi connectivity index (χ0) is 14.7. The van der Waals surface area contributed by atoms with Gasteiger partial charge in [0.25, 0.3) is 0 Å². The molecule has 112 valence electrons. The lowest BCUT2D eigenvalue weighted by Crippen LogP contribution is -2.22. The number of aromatic nitrogens is 1. The Labute approximate surface area is 129 Å². The average molecular weight is 303 g/mol. The smallest absolute Gasteiger partial charge is 0.175 e. The van der Waals surface area contributed by atoms with Crippen molar-refractivity contribution in [3.63, 3.8) is 0 Å². The van der Waals surface area contributed by atoms with Gasteiger partial charge < -0.3 is 9.72 Å². The van der Waals surface area contributed by atoms with Crippen molar-refractivity contribution < 1.29 is 9.53 Å². The maximum Gasteiger partial charge on any atom is 0.175 e. The van der Waals surface area contributed by atoms with Crippen molar-refractivity contribution in [1.29, 1.82) is 0 Å². The van der Waals surface area contributed by atoms with E-state index in [-0.39, 0.29) is 5.78 Å². The lowest BCUT2D eigenvalue weighted by molar-refractivity contribution is 0.0315. The molecule has 1 aliphatic heterocycles. The molecule has 1 aromatic carbocycles. The van der Waals surface area contributed by atoms with Crippen molar-refractivity contribution in [2.24, 2.45) is 0 Å². The van der Waals surface area contributed by atoms with Crippen molar-refractivity contribution in [2.75, 3.05) is 18.1 Å². The molecule has 1 fully saturated rings. The van der Waals surface area contributed by atoms with Gasteiger partial charge in [0, 0.05) is 34.5 Å². The van der Waals surface area contributed by atoms with Crippen LogP contribution < -0.4 is 0 Å². The number of aromatic amines is 1. The molecule has 0 amide bonds. The quantitative estimate of drug-likeness (QED) is 0.850. The summed E-state index contributed by atoms with van der Waals surface area (Å²) in [5.74, 6) is 1.67. The minimum absolute atomic E-state index is 0.214. The SMILES string of the molecule is Cc1[nH]c2ccccc2c1C(=O)CSC[C@H]1CCCCO1. The van der Waals surface area contributed by atoms with Gasteiger partial charge in [0.1, 0.15) is 0 Å². The Morgan fingerprint density at radius 3 is 3.05 bits per heavy atom. The molecule has 21 heavy (non-hydrogen) atoms. The molecule has 0 spiro atoms. The summed E-state index contributed by atoms with van der Waals surface area (Å²) in [5.41, 5.74) is 2.86. The topological polar surface area (TPSA) is 42.1 Å². The highest BCUT2D eigenvalue weighted by Gasteiger charge is 2.18. The first-order valence-electron chi connectivity index (χ1n) is 7.55. The van der Waals surface area contributed by atoms with Gasteiger partial charge in [-0.3, -0.25) is 4.79 Å². The molecule has 1 atom stereocenters. The molecule has 1 aromatic heterocycles. The third-order valence-electron chi connectivity index (χ3n) is 3.98. The molecule has 1 saturated heterocycles. The monoisotopic (exact) mass is 303 g/mol. The van der Waals surface area contributed by atoms with E-state index in [1.165, 1.54) is 12.8 Å². The number of nitrogens with one attached hydrogen (secondary N) is 1. The highest BCUT2D eigenvalue weighted by Crippen LogP contribution is 2.24. The van der Waals surface area contributed by atoms with Crippen LogP contribution in [0, 0.1) is 6.92 Å². The number of benzene rings is 1. The number of para-hydroxylation sites is 1. The van der Waals surface area contributed by atoms with Gasteiger partial charge in [-0.2, -0.15) is 11.8 Å². The first kappa shape index (κ1) is 14.7. The fourth-order valence-electron chi connectivity index (χ4n) is 2.93. The second-order valence-corrected chi connectivity index (χ2v) is 6.63. The third-order valence-corrected chi connectivity index (χ3v) is 5.06. The molecule has 3 nitrogen and oxygen atoms in total. The van der Waals surface area contributed by atoms with Gasteiger partial charge in [-0.1, -0.05) is 18.2 Å². The van der Waals surface area contributed by atoms with E-state index in [9.17, 15) is 4.79 Å². The number of hydrogen-bond donors (Lipinski definition) is 1. The van der Waals surface area contributed by atoms with Gasteiger partial charge >= 0.3 is 0 Å². The second-order valence-electron chi connectivity index (χ2n) is 5.60. The van der Waals surface area contributed by atoms with Gasteiger partial charge in [0.15, 0.2) is 5.78 Å². The number of rotatable bonds is 5. The molecule has 0 unspecified atom stereocenters. The van der Waals surface area contributed by atoms with Crippen LogP contribution in [-0.2, 0) is 4.74 Å². The summed E-state index contributed by atoms with van der Waals surface area (Å²) in [6, 6.07) is 8.00. The molecular weight excluding hydrogens is 282 g/mol. The average Bonchev–Trinajstić information content (AvgIpc) is 2.84. The number of hydrogen-bond acceptors (Lipinski definition) is 3. The lowest BCUT2D eigenvalue weighted by Gasteiger charge is -2.21. The largest absolute Gasteiger partial charge is 0.377 e. The van der Waals surface area contributed by atoms with E-state index < -0.39 is 0 Å². The minimum atomic E-state index is 0.214. The second kappa shape index (κ2) is 6.67. The van der Waals surface area contributed by atoms with Crippen LogP contribution in [0.25, 0.3) is 10.9 Å². The third kappa shape index (κ3) is 3.33. The number of fused-ring (bicyclic) bond motifs is 1. The first-order chi connectivity index (χ1) is 10.3. The van der Waals surface area contributed by atoms with Crippen molar-refractivity contribution in [3.05, 3.63) is 35.5 Å². The Hall–Kier alpha value is -1.26. The summed E-state index contributed by atoms with van der Waals surface area (Å²) in [7, 11) is 0. The number of carbonyl (C=O) groups excluding carboxylic acids is 1. The van der Waals surface area contributed by atoms with Crippen LogP contribution in [0.15, 0.2) is 24.3 Å². The molecule has 0 radical (unpaired) electrons. The number of H-pyrrole nitrogens is 1. The number of thioether (sulfide) groups is 1. The minimum Gasteiger partial charge on any atom is -0.377 e. The Kier molecular flexibility index (Phi) is 4.66. The number of aryl methyl sites for hydroxylation is 1. The Bertz CT molecular complexity index is 629. The van der Waals surface area contributed by atoms with E-state index in [2.05, 4.69) is 4.98 Å². The van der Waals surface area contributed by atoms with Crippen molar-refractivity contribution >= 4 is 28.4 Å². The molecule has 2 heterocycles. The van der Waals surface area contributed by atoms with Crippen LogP contribution in [0.3, 0.4) is 0 Å². The summed E-state index contributed by atoms with van der Waals surface area (Å²) in [6.07, 6.45) is 3.89. The van der Waals surface area contributed by atoms with Crippen LogP contribution >= 0.6 is 11.8 Å². The van der Waals surface area contributed by atoms with Crippen LogP contribution in [0.2, 0.25) is 0 Å². The van der Waals surface area contributed by atoms with Crippen molar-refractivity contribution in [3.8, 4) is 0 Å². The van der Waals surface area contributed by atoms with E-state index in [1.54, 1.807) is 11.8 Å². The van der Waals surface area contributed by atoms with E-state index in [1.807, 2.05) is 31.2 Å².